The second kappa shape index (κ2) is 5.90. The van der Waals surface area contributed by atoms with E-state index in [1.54, 1.807) is 0 Å². The van der Waals surface area contributed by atoms with E-state index in [0.717, 1.165) is 24.3 Å². The van der Waals surface area contributed by atoms with E-state index in [9.17, 15) is 0 Å². The molecule has 1 aromatic heterocycles. The van der Waals surface area contributed by atoms with Gasteiger partial charge in [-0.1, -0.05) is 6.07 Å². The largest absolute Gasteiger partial charge is 0.487 e. The Kier molecular flexibility index (Phi) is 3.97. The minimum Gasteiger partial charge on any atom is -0.487 e. The SMILES string of the molecule is CC(C)n1cncc1COc1ccc2c(c1)[C@H](N)CCC2. The number of aromatic nitrogens is 2. The van der Waals surface area contributed by atoms with Crippen LogP contribution in [0.5, 0.6) is 5.75 Å². The van der Waals surface area contributed by atoms with E-state index in [4.69, 9.17) is 10.5 Å². The van der Waals surface area contributed by atoms with Crippen molar-refractivity contribution in [2.24, 2.45) is 5.73 Å². The Labute approximate surface area is 125 Å². The number of hydrogen-bond acceptors (Lipinski definition) is 3. The molecular weight excluding hydrogens is 262 g/mol. The van der Waals surface area contributed by atoms with Crippen LogP contribution in [-0.2, 0) is 13.0 Å². The molecule has 3 rings (SSSR count). The maximum absolute atomic E-state index is 6.20. The van der Waals surface area contributed by atoms with E-state index in [-0.39, 0.29) is 6.04 Å². The lowest BCUT2D eigenvalue weighted by atomic mass is 9.88. The third-order valence-corrected chi connectivity index (χ3v) is 4.17. The Hall–Kier alpha value is -1.81. The molecule has 0 aliphatic heterocycles. The van der Waals surface area contributed by atoms with Crippen molar-refractivity contribution in [1.82, 2.24) is 9.55 Å². The number of aryl methyl sites for hydroxylation is 1. The predicted octanol–water partition coefficient (Wildman–Crippen LogP) is 3.38. The first kappa shape index (κ1) is 14.1. The number of nitrogens with zero attached hydrogens (tertiary/aromatic N) is 2. The Morgan fingerprint density at radius 1 is 1.43 bits per heavy atom. The van der Waals surface area contributed by atoms with Gasteiger partial charge in [0, 0.05) is 12.1 Å². The van der Waals surface area contributed by atoms with Crippen LogP contribution in [0.3, 0.4) is 0 Å². The van der Waals surface area contributed by atoms with Crippen LogP contribution < -0.4 is 10.5 Å². The molecule has 0 spiro atoms. The number of fused-ring (bicyclic) bond motifs is 1. The highest BCUT2D eigenvalue weighted by molar-refractivity contribution is 5.39. The molecule has 1 aromatic carbocycles. The number of hydrogen-bond donors (Lipinski definition) is 1. The van der Waals surface area contributed by atoms with Crippen LogP contribution in [-0.4, -0.2) is 9.55 Å². The number of benzene rings is 1. The van der Waals surface area contributed by atoms with E-state index in [1.807, 2.05) is 18.6 Å². The molecule has 2 N–H and O–H groups in total. The molecule has 1 heterocycles. The highest BCUT2D eigenvalue weighted by Crippen LogP contribution is 2.31. The van der Waals surface area contributed by atoms with Crippen molar-refractivity contribution in [2.75, 3.05) is 0 Å². The van der Waals surface area contributed by atoms with Crippen molar-refractivity contribution in [3.05, 3.63) is 47.5 Å². The quantitative estimate of drug-likeness (QED) is 0.937. The topological polar surface area (TPSA) is 53.1 Å². The molecule has 1 atom stereocenters. The molecule has 0 radical (unpaired) electrons. The summed E-state index contributed by atoms with van der Waals surface area (Å²) in [5, 5.41) is 0. The summed E-state index contributed by atoms with van der Waals surface area (Å²) in [7, 11) is 0. The van der Waals surface area contributed by atoms with Gasteiger partial charge in [-0.2, -0.15) is 0 Å². The van der Waals surface area contributed by atoms with Gasteiger partial charge in [-0.25, -0.2) is 4.98 Å². The maximum Gasteiger partial charge on any atom is 0.130 e. The van der Waals surface area contributed by atoms with Crippen LogP contribution in [0.25, 0.3) is 0 Å². The summed E-state index contributed by atoms with van der Waals surface area (Å²) in [4.78, 5) is 4.20. The van der Waals surface area contributed by atoms with E-state index in [0.29, 0.717) is 12.6 Å². The summed E-state index contributed by atoms with van der Waals surface area (Å²) in [6.45, 7) is 4.82. The number of imidazole rings is 1. The van der Waals surface area contributed by atoms with Crippen LogP contribution in [0.2, 0.25) is 0 Å². The lowest BCUT2D eigenvalue weighted by molar-refractivity contribution is 0.291. The van der Waals surface area contributed by atoms with Gasteiger partial charge < -0.3 is 15.0 Å². The van der Waals surface area contributed by atoms with Gasteiger partial charge in [-0.05, 0) is 56.4 Å². The Morgan fingerprint density at radius 2 is 2.29 bits per heavy atom. The summed E-state index contributed by atoms with van der Waals surface area (Å²) in [5.74, 6) is 0.891. The van der Waals surface area contributed by atoms with Crippen molar-refractivity contribution < 1.29 is 4.74 Å². The molecule has 4 heteroatoms. The molecule has 0 saturated heterocycles. The maximum atomic E-state index is 6.20. The molecule has 112 valence electrons. The van der Waals surface area contributed by atoms with E-state index in [1.165, 1.54) is 17.5 Å². The molecule has 2 aromatic rings. The van der Waals surface area contributed by atoms with E-state index < -0.39 is 0 Å². The highest BCUT2D eigenvalue weighted by atomic mass is 16.5. The van der Waals surface area contributed by atoms with Crippen LogP contribution in [0.1, 0.15) is 55.6 Å². The summed E-state index contributed by atoms with van der Waals surface area (Å²) >= 11 is 0. The second-order valence-corrected chi connectivity index (χ2v) is 6.03. The standard InChI is InChI=1S/C17H23N3O/c1-12(2)20-11-19-9-14(20)10-21-15-7-6-13-4-3-5-17(18)16(13)8-15/h6-9,11-12,17H,3-5,10,18H2,1-2H3/t17-/m1/s1. The zero-order valence-electron chi connectivity index (χ0n) is 12.7. The average Bonchev–Trinajstić information content (AvgIpc) is 2.94. The van der Waals surface area contributed by atoms with Crippen molar-refractivity contribution in [1.29, 1.82) is 0 Å². The minimum absolute atomic E-state index is 0.151. The van der Waals surface area contributed by atoms with Gasteiger partial charge in [-0.3, -0.25) is 0 Å². The van der Waals surface area contributed by atoms with Crippen LogP contribution in [0.4, 0.5) is 0 Å². The van der Waals surface area contributed by atoms with Gasteiger partial charge in [0.2, 0.25) is 0 Å². The van der Waals surface area contributed by atoms with Crippen molar-refractivity contribution in [2.45, 2.75) is 51.8 Å². The Morgan fingerprint density at radius 3 is 3.10 bits per heavy atom. The van der Waals surface area contributed by atoms with Gasteiger partial charge in [0.25, 0.3) is 0 Å². The van der Waals surface area contributed by atoms with Gasteiger partial charge in [0.05, 0.1) is 18.2 Å². The zero-order chi connectivity index (χ0) is 14.8. The third kappa shape index (κ3) is 2.95. The van der Waals surface area contributed by atoms with Crippen LogP contribution in [0, 0.1) is 0 Å². The fraction of sp³-hybridized carbons (Fsp3) is 0.471. The molecule has 0 amide bonds. The van der Waals surface area contributed by atoms with Crippen molar-refractivity contribution >= 4 is 0 Å². The van der Waals surface area contributed by atoms with Crippen LogP contribution >= 0.6 is 0 Å². The molecule has 4 nitrogen and oxygen atoms in total. The lowest BCUT2D eigenvalue weighted by Crippen LogP contribution is -2.17. The zero-order valence-corrected chi connectivity index (χ0v) is 12.7. The molecule has 1 aliphatic carbocycles. The van der Waals surface area contributed by atoms with Gasteiger partial charge in [0.1, 0.15) is 12.4 Å². The number of nitrogens with two attached hydrogens (primary N) is 1. The summed E-state index contributed by atoms with van der Waals surface area (Å²) < 4.78 is 8.07. The lowest BCUT2D eigenvalue weighted by Gasteiger charge is -2.23. The summed E-state index contributed by atoms with van der Waals surface area (Å²) in [5.41, 5.74) is 9.91. The molecule has 0 unspecified atom stereocenters. The smallest absolute Gasteiger partial charge is 0.130 e. The minimum atomic E-state index is 0.151. The normalized spacial score (nSPS) is 17.8. The number of rotatable bonds is 4. The van der Waals surface area contributed by atoms with Crippen molar-refractivity contribution in [3.63, 3.8) is 0 Å². The summed E-state index contributed by atoms with van der Waals surface area (Å²) in [6.07, 6.45) is 7.10. The number of ether oxygens (including phenoxy) is 1. The van der Waals surface area contributed by atoms with Gasteiger partial charge in [-0.15, -0.1) is 0 Å². The average molecular weight is 285 g/mol. The first-order valence-corrected chi connectivity index (χ1v) is 7.67. The molecule has 0 bridgehead atoms. The second-order valence-electron chi connectivity index (χ2n) is 6.03. The van der Waals surface area contributed by atoms with Gasteiger partial charge >= 0.3 is 0 Å². The molecule has 1 aliphatic rings. The van der Waals surface area contributed by atoms with Crippen molar-refractivity contribution in [3.8, 4) is 5.75 Å². The van der Waals surface area contributed by atoms with Gasteiger partial charge in [0.15, 0.2) is 0 Å². The fourth-order valence-corrected chi connectivity index (χ4v) is 2.97. The van der Waals surface area contributed by atoms with Crippen LogP contribution in [0.15, 0.2) is 30.7 Å². The molecular formula is C17H23N3O. The first-order chi connectivity index (χ1) is 10.1. The fourth-order valence-electron chi connectivity index (χ4n) is 2.97. The molecule has 0 saturated carbocycles. The highest BCUT2D eigenvalue weighted by Gasteiger charge is 2.17. The van der Waals surface area contributed by atoms with E-state index >= 15 is 0 Å². The first-order valence-electron chi connectivity index (χ1n) is 7.67. The van der Waals surface area contributed by atoms with E-state index in [2.05, 4.69) is 35.5 Å². The Balaban J connectivity index is 1.74. The molecule has 21 heavy (non-hydrogen) atoms. The Bertz CT molecular complexity index is 618. The predicted molar refractivity (Wildman–Crippen MR) is 83.3 cm³/mol. The third-order valence-electron chi connectivity index (χ3n) is 4.17. The monoisotopic (exact) mass is 285 g/mol. The summed E-state index contributed by atoms with van der Waals surface area (Å²) in [6, 6.07) is 6.85. The molecule has 0 fully saturated rings.